The van der Waals surface area contributed by atoms with Crippen molar-refractivity contribution in [3.63, 3.8) is 0 Å². The van der Waals surface area contributed by atoms with Gasteiger partial charge in [0.1, 0.15) is 12.6 Å². The van der Waals surface area contributed by atoms with E-state index in [1.54, 1.807) is 13.8 Å². The minimum Gasteiger partial charge on any atom is -0.352 e. The SMILES string of the molecule is Cc1ccc([N+](=O)[O-])cc1N(CC(=O)N(Cc1ccc(Br)cc1)[C@@H](C)C(=O)NC1CCCC1)S(C)(=O)=O. The van der Waals surface area contributed by atoms with Gasteiger partial charge in [0.15, 0.2) is 0 Å². The molecule has 10 nitrogen and oxygen atoms in total. The second-order valence-electron chi connectivity index (χ2n) is 9.31. The zero-order valence-corrected chi connectivity index (χ0v) is 23.4. The number of sulfonamides is 1. The minimum atomic E-state index is -4.00. The highest BCUT2D eigenvalue weighted by atomic mass is 79.9. The Morgan fingerprint density at radius 3 is 2.35 bits per heavy atom. The average molecular weight is 596 g/mol. The van der Waals surface area contributed by atoms with E-state index in [1.807, 2.05) is 24.3 Å². The number of amides is 2. The summed E-state index contributed by atoms with van der Waals surface area (Å²) in [5.41, 5.74) is 0.958. The molecule has 1 aliphatic carbocycles. The predicted molar refractivity (Wildman–Crippen MR) is 145 cm³/mol. The van der Waals surface area contributed by atoms with Crippen LogP contribution in [0, 0.1) is 17.0 Å². The van der Waals surface area contributed by atoms with Crippen molar-refractivity contribution in [1.82, 2.24) is 10.2 Å². The summed E-state index contributed by atoms with van der Waals surface area (Å²) in [5, 5.41) is 14.3. The summed E-state index contributed by atoms with van der Waals surface area (Å²) in [6, 6.07) is 10.3. The fourth-order valence-corrected chi connectivity index (χ4v) is 5.50. The van der Waals surface area contributed by atoms with E-state index in [0.717, 1.165) is 52.3 Å². The zero-order valence-electron chi connectivity index (χ0n) is 21.0. The molecule has 1 N–H and O–H groups in total. The fraction of sp³-hybridized carbons (Fsp3) is 0.440. The van der Waals surface area contributed by atoms with Crippen LogP contribution in [0.2, 0.25) is 0 Å². The summed E-state index contributed by atoms with van der Waals surface area (Å²) in [6.45, 7) is 2.69. The van der Waals surface area contributed by atoms with Gasteiger partial charge in [0, 0.05) is 29.2 Å². The van der Waals surface area contributed by atoms with Gasteiger partial charge in [-0.05, 0) is 49.9 Å². The normalized spacial score (nSPS) is 14.7. The standard InChI is InChI=1S/C25H31BrN4O6S/c1-17-8-13-22(30(33)34)14-23(17)29(37(3,35)36)16-24(31)28(15-19-9-11-20(26)12-10-19)18(2)25(32)27-21-6-4-5-7-21/h8-14,18,21H,4-7,15-16H2,1-3H3,(H,27,32)/t18-/m0/s1. The predicted octanol–water partition coefficient (Wildman–Crippen LogP) is 3.91. The Bertz CT molecular complexity index is 1260. The molecule has 0 saturated heterocycles. The number of nitro benzene ring substituents is 1. The van der Waals surface area contributed by atoms with Crippen LogP contribution in [0.3, 0.4) is 0 Å². The van der Waals surface area contributed by atoms with Crippen LogP contribution in [-0.2, 0) is 26.2 Å². The maximum Gasteiger partial charge on any atom is 0.271 e. The molecule has 1 saturated carbocycles. The maximum atomic E-state index is 13.7. The summed E-state index contributed by atoms with van der Waals surface area (Å²) in [6.07, 6.45) is 4.77. The van der Waals surface area contributed by atoms with E-state index in [1.165, 1.54) is 17.0 Å². The summed E-state index contributed by atoms with van der Waals surface area (Å²) < 4.78 is 27.2. The second-order valence-corrected chi connectivity index (χ2v) is 12.1. The Labute approximate surface area is 225 Å². The van der Waals surface area contributed by atoms with E-state index in [0.29, 0.717) is 5.56 Å². The number of rotatable bonds is 10. The molecule has 0 unspecified atom stereocenters. The van der Waals surface area contributed by atoms with Crippen LogP contribution in [0.1, 0.15) is 43.7 Å². The lowest BCUT2D eigenvalue weighted by atomic mass is 10.1. The number of halogens is 1. The number of nitrogens with one attached hydrogen (secondary N) is 1. The highest BCUT2D eigenvalue weighted by molar-refractivity contribution is 9.10. The van der Waals surface area contributed by atoms with Gasteiger partial charge >= 0.3 is 0 Å². The number of hydrogen-bond acceptors (Lipinski definition) is 6. The zero-order chi connectivity index (χ0) is 27.3. The van der Waals surface area contributed by atoms with Gasteiger partial charge in [-0.15, -0.1) is 0 Å². The number of aryl methyl sites for hydroxylation is 1. The monoisotopic (exact) mass is 594 g/mol. The molecule has 200 valence electrons. The molecule has 0 spiro atoms. The molecule has 0 bridgehead atoms. The Morgan fingerprint density at radius 2 is 1.78 bits per heavy atom. The first-order valence-electron chi connectivity index (χ1n) is 11.9. The smallest absolute Gasteiger partial charge is 0.271 e. The van der Waals surface area contributed by atoms with Gasteiger partial charge in [-0.1, -0.05) is 47.0 Å². The molecule has 0 heterocycles. The molecule has 0 radical (unpaired) electrons. The van der Waals surface area contributed by atoms with Gasteiger partial charge in [-0.2, -0.15) is 0 Å². The maximum absolute atomic E-state index is 13.7. The molecule has 0 aliphatic heterocycles. The third-order valence-corrected chi connectivity index (χ3v) is 8.14. The van der Waals surface area contributed by atoms with E-state index in [2.05, 4.69) is 21.2 Å². The van der Waals surface area contributed by atoms with Crippen molar-refractivity contribution in [3.05, 3.63) is 68.2 Å². The fourth-order valence-electron chi connectivity index (χ4n) is 4.34. The van der Waals surface area contributed by atoms with Crippen molar-refractivity contribution in [2.75, 3.05) is 17.1 Å². The number of nitro groups is 1. The molecule has 3 rings (SSSR count). The van der Waals surface area contributed by atoms with Gasteiger partial charge in [0.05, 0.1) is 16.9 Å². The van der Waals surface area contributed by atoms with E-state index < -0.39 is 33.4 Å². The number of non-ortho nitro benzene ring substituents is 1. The van der Waals surface area contributed by atoms with E-state index in [4.69, 9.17) is 0 Å². The summed E-state index contributed by atoms with van der Waals surface area (Å²) in [7, 11) is -4.00. The number of benzene rings is 2. The van der Waals surface area contributed by atoms with Crippen molar-refractivity contribution in [1.29, 1.82) is 0 Å². The third-order valence-electron chi connectivity index (χ3n) is 6.49. The molecule has 2 amide bonds. The van der Waals surface area contributed by atoms with Crippen LogP contribution in [0.25, 0.3) is 0 Å². The minimum absolute atomic E-state index is 0.0386. The van der Waals surface area contributed by atoms with Crippen molar-refractivity contribution >= 4 is 49.1 Å². The lowest BCUT2D eigenvalue weighted by molar-refractivity contribution is -0.384. The Kier molecular flexibility index (Phi) is 9.30. The highest BCUT2D eigenvalue weighted by Crippen LogP contribution is 2.28. The number of carbonyl (C=O) groups is 2. The molecule has 1 fully saturated rings. The molecule has 0 aromatic heterocycles. The number of nitrogens with zero attached hydrogens (tertiary/aromatic N) is 3. The van der Waals surface area contributed by atoms with Crippen LogP contribution in [0.4, 0.5) is 11.4 Å². The van der Waals surface area contributed by atoms with Gasteiger partial charge < -0.3 is 10.2 Å². The van der Waals surface area contributed by atoms with Crippen molar-refractivity contribution in [2.45, 2.75) is 58.2 Å². The molecule has 2 aromatic rings. The Balaban J connectivity index is 1.93. The average Bonchev–Trinajstić information content (AvgIpc) is 3.34. The van der Waals surface area contributed by atoms with E-state index in [-0.39, 0.29) is 29.9 Å². The van der Waals surface area contributed by atoms with Gasteiger partial charge in [0.25, 0.3) is 5.69 Å². The Morgan fingerprint density at radius 1 is 1.16 bits per heavy atom. The summed E-state index contributed by atoms with van der Waals surface area (Å²) in [5.74, 6) is -0.914. The molecular formula is C25H31BrN4O6S. The number of anilines is 1. The molecule has 1 aliphatic rings. The topological polar surface area (TPSA) is 130 Å². The quantitative estimate of drug-likeness (QED) is 0.328. The number of carbonyl (C=O) groups excluding carboxylic acids is 2. The van der Waals surface area contributed by atoms with Crippen molar-refractivity contribution in [3.8, 4) is 0 Å². The lowest BCUT2D eigenvalue weighted by Gasteiger charge is -2.32. The first kappa shape index (κ1) is 28.6. The molecule has 12 heteroatoms. The van der Waals surface area contributed by atoms with E-state index >= 15 is 0 Å². The first-order valence-corrected chi connectivity index (χ1v) is 14.6. The Hall–Kier alpha value is -2.99. The van der Waals surface area contributed by atoms with Gasteiger partial charge in [-0.25, -0.2) is 8.42 Å². The van der Waals surface area contributed by atoms with Gasteiger partial charge in [0.2, 0.25) is 21.8 Å². The van der Waals surface area contributed by atoms with Crippen molar-refractivity contribution < 1.29 is 22.9 Å². The highest BCUT2D eigenvalue weighted by Gasteiger charge is 2.32. The first-order chi connectivity index (χ1) is 17.4. The largest absolute Gasteiger partial charge is 0.352 e. The molecule has 2 aromatic carbocycles. The van der Waals surface area contributed by atoms with Crippen LogP contribution in [0.15, 0.2) is 46.9 Å². The van der Waals surface area contributed by atoms with Crippen LogP contribution in [-0.4, -0.2) is 54.9 Å². The van der Waals surface area contributed by atoms with Gasteiger partial charge in [-0.3, -0.25) is 24.0 Å². The lowest BCUT2D eigenvalue weighted by Crippen LogP contribution is -2.52. The second kappa shape index (κ2) is 12.0. The van der Waals surface area contributed by atoms with E-state index in [9.17, 15) is 28.1 Å². The summed E-state index contributed by atoms with van der Waals surface area (Å²) in [4.78, 5) is 38.8. The third kappa shape index (κ3) is 7.51. The van der Waals surface area contributed by atoms with Crippen LogP contribution < -0.4 is 9.62 Å². The van der Waals surface area contributed by atoms with Crippen molar-refractivity contribution in [2.24, 2.45) is 0 Å². The van der Waals surface area contributed by atoms with Crippen LogP contribution >= 0.6 is 15.9 Å². The summed E-state index contributed by atoms with van der Waals surface area (Å²) >= 11 is 3.38. The van der Waals surface area contributed by atoms with Crippen LogP contribution in [0.5, 0.6) is 0 Å². The molecular weight excluding hydrogens is 564 g/mol. The molecule has 37 heavy (non-hydrogen) atoms. The molecule has 1 atom stereocenters. The number of hydrogen-bond donors (Lipinski definition) is 1.